The second-order valence-electron chi connectivity index (χ2n) is 7.01. The second-order valence-corrected chi connectivity index (χ2v) is 7.01. The molecule has 0 spiro atoms. The smallest absolute Gasteiger partial charge is 0.347 e. The van der Waals surface area contributed by atoms with Crippen LogP contribution in [0, 0.1) is 0 Å². The highest BCUT2D eigenvalue weighted by atomic mass is 16.5. The minimum absolute atomic E-state index is 0.109. The van der Waals surface area contributed by atoms with Gasteiger partial charge in [0.2, 0.25) is 0 Å². The molecule has 0 saturated heterocycles. The van der Waals surface area contributed by atoms with E-state index in [9.17, 15) is 14.7 Å². The molecule has 2 aromatic carbocycles. The molecule has 0 radical (unpaired) electrons. The van der Waals surface area contributed by atoms with Gasteiger partial charge in [0.15, 0.2) is 11.3 Å². The SMILES string of the molecule is CCOC(=O)c1c(O)c(C(C)C)nn(Cc2ccc(-c3ccccc3)cc2)c1=O. The first-order valence-corrected chi connectivity index (χ1v) is 9.57. The van der Waals surface area contributed by atoms with Gasteiger partial charge >= 0.3 is 5.97 Å². The van der Waals surface area contributed by atoms with Crippen molar-refractivity contribution in [2.45, 2.75) is 33.2 Å². The Morgan fingerprint density at radius 2 is 1.69 bits per heavy atom. The van der Waals surface area contributed by atoms with Gasteiger partial charge in [0.05, 0.1) is 13.2 Å². The quantitative estimate of drug-likeness (QED) is 0.642. The van der Waals surface area contributed by atoms with Gasteiger partial charge in [-0.15, -0.1) is 0 Å². The lowest BCUT2D eigenvalue weighted by Crippen LogP contribution is -2.31. The molecule has 1 aromatic heterocycles. The third kappa shape index (κ3) is 4.37. The first-order valence-electron chi connectivity index (χ1n) is 9.57. The summed E-state index contributed by atoms with van der Waals surface area (Å²) in [7, 11) is 0. The highest BCUT2D eigenvalue weighted by Gasteiger charge is 2.25. The van der Waals surface area contributed by atoms with Crippen LogP contribution in [0.2, 0.25) is 0 Å². The summed E-state index contributed by atoms with van der Waals surface area (Å²) in [5.41, 5.74) is 2.27. The first kappa shape index (κ1) is 20.3. The molecule has 6 nitrogen and oxygen atoms in total. The van der Waals surface area contributed by atoms with Crippen LogP contribution < -0.4 is 5.56 Å². The molecule has 0 saturated carbocycles. The lowest BCUT2D eigenvalue weighted by atomic mass is 10.0. The minimum atomic E-state index is -0.840. The number of rotatable bonds is 6. The molecular weight excluding hydrogens is 368 g/mol. The largest absolute Gasteiger partial charge is 0.505 e. The van der Waals surface area contributed by atoms with Gasteiger partial charge in [-0.2, -0.15) is 5.10 Å². The Kier molecular flexibility index (Phi) is 6.12. The lowest BCUT2D eigenvalue weighted by molar-refractivity contribution is 0.0519. The van der Waals surface area contributed by atoms with E-state index in [4.69, 9.17) is 4.74 Å². The van der Waals surface area contributed by atoms with Crippen molar-refractivity contribution in [2.75, 3.05) is 6.61 Å². The summed E-state index contributed by atoms with van der Waals surface area (Å²) in [5, 5.41) is 14.7. The molecule has 150 valence electrons. The third-order valence-electron chi connectivity index (χ3n) is 4.58. The minimum Gasteiger partial charge on any atom is -0.505 e. The van der Waals surface area contributed by atoms with E-state index in [1.807, 2.05) is 68.4 Å². The number of hydrogen-bond donors (Lipinski definition) is 1. The number of aromatic hydroxyl groups is 1. The Morgan fingerprint density at radius 1 is 1.07 bits per heavy atom. The number of carbonyl (C=O) groups excluding carboxylic acids is 1. The Morgan fingerprint density at radius 3 is 2.28 bits per heavy atom. The number of aromatic nitrogens is 2. The van der Waals surface area contributed by atoms with Crippen LogP contribution in [0.15, 0.2) is 59.4 Å². The van der Waals surface area contributed by atoms with Crippen LogP contribution in [-0.2, 0) is 11.3 Å². The van der Waals surface area contributed by atoms with Gasteiger partial charge in [-0.3, -0.25) is 4.79 Å². The molecule has 0 amide bonds. The topological polar surface area (TPSA) is 81.4 Å². The molecule has 0 atom stereocenters. The van der Waals surface area contributed by atoms with E-state index < -0.39 is 17.3 Å². The van der Waals surface area contributed by atoms with Gasteiger partial charge in [0, 0.05) is 5.92 Å². The van der Waals surface area contributed by atoms with Crippen molar-refractivity contribution in [3.05, 3.63) is 81.8 Å². The first-order chi connectivity index (χ1) is 13.9. The molecule has 3 rings (SSSR count). The Labute approximate surface area is 169 Å². The van der Waals surface area contributed by atoms with Gasteiger partial charge in [0.25, 0.3) is 5.56 Å². The predicted molar refractivity (Wildman–Crippen MR) is 111 cm³/mol. The van der Waals surface area contributed by atoms with Crippen molar-refractivity contribution in [1.82, 2.24) is 9.78 Å². The zero-order valence-corrected chi connectivity index (χ0v) is 16.8. The van der Waals surface area contributed by atoms with Gasteiger partial charge in [0.1, 0.15) is 5.69 Å². The van der Waals surface area contributed by atoms with Gasteiger partial charge < -0.3 is 9.84 Å². The lowest BCUT2D eigenvalue weighted by Gasteiger charge is -2.14. The van der Waals surface area contributed by atoms with E-state index in [1.165, 1.54) is 4.68 Å². The molecule has 0 bridgehead atoms. The van der Waals surface area contributed by atoms with Crippen molar-refractivity contribution in [3.8, 4) is 16.9 Å². The van der Waals surface area contributed by atoms with Crippen LogP contribution >= 0.6 is 0 Å². The number of esters is 1. The molecule has 1 N–H and O–H groups in total. The van der Waals surface area contributed by atoms with Crippen LogP contribution in [0.4, 0.5) is 0 Å². The van der Waals surface area contributed by atoms with Crippen molar-refractivity contribution in [3.63, 3.8) is 0 Å². The van der Waals surface area contributed by atoms with Crippen molar-refractivity contribution >= 4 is 5.97 Å². The summed E-state index contributed by atoms with van der Waals surface area (Å²) in [5.74, 6) is -1.41. The Balaban J connectivity index is 1.98. The number of nitrogens with zero attached hydrogens (tertiary/aromatic N) is 2. The Hall–Kier alpha value is -3.41. The standard InChI is InChI=1S/C23H24N2O4/c1-4-29-23(28)19-21(26)20(15(2)3)24-25(22(19)27)14-16-10-12-18(13-11-16)17-8-6-5-7-9-17/h5-13,15,26H,4,14H2,1-3H3. The van der Waals surface area contributed by atoms with Crippen LogP contribution in [-0.4, -0.2) is 27.5 Å². The third-order valence-corrected chi connectivity index (χ3v) is 4.58. The molecule has 0 fully saturated rings. The average molecular weight is 392 g/mol. The fourth-order valence-corrected chi connectivity index (χ4v) is 3.07. The molecular formula is C23H24N2O4. The molecule has 0 aliphatic carbocycles. The van der Waals surface area contributed by atoms with Crippen LogP contribution in [0.25, 0.3) is 11.1 Å². The summed E-state index contributed by atoms with van der Waals surface area (Å²) in [4.78, 5) is 25.1. The highest BCUT2D eigenvalue weighted by molar-refractivity contribution is 5.92. The molecule has 3 aromatic rings. The predicted octanol–water partition coefficient (Wildman–Crippen LogP) is 3.96. The van der Waals surface area contributed by atoms with Crippen molar-refractivity contribution < 1.29 is 14.6 Å². The van der Waals surface area contributed by atoms with E-state index in [1.54, 1.807) is 6.92 Å². The maximum Gasteiger partial charge on any atom is 0.347 e. The maximum absolute atomic E-state index is 12.8. The van der Waals surface area contributed by atoms with E-state index >= 15 is 0 Å². The monoisotopic (exact) mass is 392 g/mol. The van der Waals surface area contributed by atoms with Gasteiger partial charge in [-0.1, -0.05) is 68.4 Å². The second kappa shape index (κ2) is 8.73. The number of hydrogen-bond acceptors (Lipinski definition) is 5. The van der Waals surface area contributed by atoms with Crippen LogP contribution in [0.5, 0.6) is 5.75 Å². The summed E-state index contributed by atoms with van der Waals surface area (Å²) >= 11 is 0. The van der Waals surface area contributed by atoms with Crippen LogP contribution in [0.3, 0.4) is 0 Å². The molecule has 0 aliphatic heterocycles. The zero-order chi connectivity index (χ0) is 21.0. The van der Waals surface area contributed by atoms with Crippen molar-refractivity contribution in [2.24, 2.45) is 0 Å². The normalized spacial score (nSPS) is 10.9. The summed E-state index contributed by atoms with van der Waals surface area (Å²) in [6.07, 6.45) is 0. The fraction of sp³-hybridized carbons (Fsp3) is 0.261. The molecule has 29 heavy (non-hydrogen) atoms. The van der Waals surface area contributed by atoms with E-state index in [2.05, 4.69) is 5.10 Å². The highest BCUT2D eigenvalue weighted by Crippen LogP contribution is 2.25. The summed E-state index contributed by atoms with van der Waals surface area (Å²) in [6, 6.07) is 17.8. The zero-order valence-electron chi connectivity index (χ0n) is 16.8. The van der Waals surface area contributed by atoms with Gasteiger partial charge in [-0.25, -0.2) is 9.48 Å². The molecule has 6 heteroatoms. The molecule has 1 heterocycles. The maximum atomic E-state index is 12.8. The molecule has 0 unspecified atom stereocenters. The van der Waals surface area contributed by atoms with Gasteiger partial charge in [-0.05, 0) is 23.6 Å². The van der Waals surface area contributed by atoms with E-state index in [-0.39, 0.29) is 30.3 Å². The summed E-state index contributed by atoms with van der Waals surface area (Å²) in [6.45, 7) is 5.60. The Bertz CT molecular complexity index is 1050. The van der Waals surface area contributed by atoms with Crippen LogP contribution in [0.1, 0.15) is 48.3 Å². The summed E-state index contributed by atoms with van der Waals surface area (Å²) < 4.78 is 6.16. The number of benzene rings is 2. The average Bonchev–Trinajstić information content (AvgIpc) is 2.71. The fourth-order valence-electron chi connectivity index (χ4n) is 3.07. The number of ether oxygens (including phenoxy) is 1. The van der Waals surface area contributed by atoms with E-state index in [0.29, 0.717) is 0 Å². The molecule has 0 aliphatic rings. The van der Waals surface area contributed by atoms with Crippen molar-refractivity contribution in [1.29, 1.82) is 0 Å². The van der Waals surface area contributed by atoms with E-state index in [0.717, 1.165) is 16.7 Å². The number of carbonyl (C=O) groups is 1.